The van der Waals surface area contributed by atoms with Gasteiger partial charge >= 0.3 is 0 Å². The average molecular weight is 442 g/mol. The van der Waals surface area contributed by atoms with E-state index in [1.165, 1.54) is 0 Å². The lowest BCUT2D eigenvalue weighted by Gasteiger charge is -2.25. The number of carbonyl (C=O) groups is 1. The summed E-state index contributed by atoms with van der Waals surface area (Å²) in [5.41, 5.74) is 1.23. The fourth-order valence-electron chi connectivity index (χ4n) is 3.68. The fraction of sp³-hybridized carbons (Fsp3) is 0.348. The minimum absolute atomic E-state index is 0.0339. The van der Waals surface area contributed by atoms with Gasteiger partial charge in [-0.2, -0.15) is 0 Å². The van der Waals surface area contributed by atoms with Crippen molar-refractivity contribution < 1.29 is 14.3 Å². The van der Waals surface area contributed by atoms with Crippen molar-refractivity contribution in [3.05, 3.63) is 69.2 Å². The SMILES string of the molecule is Cc1cc(Cl)ccc1OCC(=O)N(Cc1nc2ccccc2c(=O)[nH]1)C[C@@H]1CCCO1. The quantitative estimate of drug-likeness (QED) is 0.606. The van der Waals surface area contributed by atoms with E-state index in [0.29, 0.717) is 40.7 Å². The summed E-state index contributed by atoms with van der Waals surface area (Å²) >= 11 is 5.99. The predicted octanol–water partition coefficient (Wildman–Crippen LogP) is 3.47. The summed E-state index contributed by atoms with van der Waals surface area (Å²) in [5.74, 6) is 0.824. The van der Waals surface area contributed by atoms with E-state index >= 15 is 0 Å². The maximum atomic E-state index is 13.0. The van der Waals surface area contributed by atoms with Crippen LogP contribution in [0.2, 0.25) is 5.02 Å². The van der Waals surface area contributed by atoms with Crippen molar-refractivity contribution in [3.63, 3.8) is 0 Å². The molecule has 162 valence electrons. The molecule has 31 heavy (non-hydrogen) atoms. The third kappa shape index (κ3) is 5.24. The second kappa shape index (κ2) is 9.49. The molecule has 2 aromatic carbocycles. The molecule has 4 rings (SSSR count). The Kier molecular flexibility index (Phi) is 6.53. The van der Waals surface area contributed by atoms with E-state index in [4.69, 9.17) is 21.1 Å². The highest BCUT2D eigenvalue weighted by Gasteiger charge is 2.24. The van der Waals surface area contributed by atoms with E-state index in [0.717, 1.165) is 18.4 Å². The number of para-hydroxylation sites is 1. The lowest BCUT2D eigenvalue weighted by molar-refractivity contribution is -0.135. The first-order chi connectivity index (χ1) is 15.0. The van der Waals surface area contributed by atoms with Crippen LogP contribution in [0.15, 0.2) is 47.3 Å². The minimum atomic E-state index is -0.224. The van der Waals surface area contributed by atoms with Gasteiger partial charge in [0.1, 0.15) is 11.6 Å². The summed E-state index contributed by atoms with van der Waals surface area (Å²) in [4.78, 5) is 34.4. The van der Waals surface area contributed by atoms with Crippen LogP contribution in [0.1, 0.15) is 24.2 Å². The molecule has 1 aliphatic heterocycles. The first-order valence-corrected chi connectivity index (χ1v) is 10.6. The Balaban J connectivity index is 1.52. The predicted molar refractivity (Wildman–Crippen MR) is 118 cm³/mol. The Morgan fingerprint density at radius 2 is 2.16 bits per heavy atom. The number of halogens is 1. The van der Waals surface area contributed by atoms with Crippen molar-refractivity contribution in [1.82, 2.24) is 14.9 Å². The van der Waals surface area contributed by atoms with Crippen LogP contribution in [0.4, 0.5) is 0 Å². The Morgan fingerprint density at radius 1 is 1.32 bits per heavy atom. The van der Waals surface area contributed by atoms with Gasteiger partial charge in [-0.3, -0.25) is 9.59 Å². The summed E-state index contributed by atoms with van der Waals surface area (Å²) in [6, 6.07) is 12.4. The van der Waals surface area contributed by atoms with Crippen molar-refractivity contribution >= 4 is 28.4 Å². The number of H-pyrrole nitrogens is 1. The van der Waals surface area contributed by atoms with Gasteiger partial charge in [-0.05, 0) is 55.7 Å². The number of hydrogen-bond acceptors (Lipinski definition) is 5. The minimum Gasteiger partial charge on any atom is -0.483 e. The van der Waals surface area contributed by atoms with Gasteiger partial charge in [-0.15, -0.1) is 0 Å². The molecule has 3 aromatic rings. The molecule has 0 aliphatic carbocycles. The molecule has 0 unspecified atom stereocenters. The molecule has 1 atom stereocenters. The second-order valence-electron chi connectivity index (χ2n) is 7.64. The first-order valence-electron chi connectivity index (χ1n) is 10.3. The largest absolute Gasteiger partial charge is 0.483 e. The van der Waals surface area contributed by atoms with Crippen LogP contribution in [-0.4, -0.2) is 46.6 Å². The van der Waals surface area contributed by atoms with E-state index in [1.54, 1.807) is 41.3 Å². The van der Waals surface area contributed by atoms with E-state index in [1.807, 2.05) is 13.0 Å². The van der Waals surface area contributed by atoms with Crippen molar-refractivity contribution in [3.8, 4) is 5.75 Å². The standard InChI is InChI=1S/C23H24ClN3O4/c1-15-11-16(24)8-9-20(15)31-14-22(28)27(12-17-5-4-10-30-17)13-21-25-19-7-3-2-6-18(19)23(29)26-21/h2-3,6-9,11,17H,4-5,10,12-14H2,1H3,(H,25,26,29)/t17-/m0/s1. The van der Waals surface area contributed by atoms with E-state index < -0.39 is 0 Å². The van der Waals surface area contributed by atoms with Gasteiger partial charge in [-0.25, -0.2) is 4.98 Å². The zero-order valence-corrected chi connectivity index (χ0v) is 18.0. The number of rotatable bonds is 7. The number of fused-ring (bicyclic) bond motifs is 1. The van der Waals surface area contributed by atoms with E-state index in [9.17, 15) is 9.59 Å². The number of carbonyl (C=O) groups excluding carboxylic acids is 1. The summed E-state index contributed by atoms with van der Waals surface area (Å²) in [6.07, 6.45) is 1.83. The molecule has 1 aliphatic rings. The number of aromatic amines is 1. The molecular formula is C23H24ClN3O4. The number of ether oxygens (including phenoxy) is 2. The number of nitrogens with one attached hydrogen (secondary N) is 1. The lowest BCUT2D eigenvalue weighted by atomic mass is 10.2. The summed E-state index contributed by atoms with van der Waals surface area (Å²) in [5, 5.41) is 1.13. The van der Waals surface area contributed by atoms with Crippen molar-refractivity contribution in [2.75, 3.05) is 19.8 Å². The van der Waals surface area contributed by atoms with Crippen molar-refractivity contribution in [2.24, 2.45) is 0 Å². The normalized spacial score (nSPS) is 15.9. The van der Waals surface area contributed by atoms with Gasteiger partial charge in [0.05, 0.1) is 23.6 Å². The lowest BCUT2D eigenvalue weighted by Crippen LogP contribution is -2.40. The Bertz CT molecular complexity index is 1140. The maximum Gasteiger partial charge on any atom is 0.261 e. The number of amides is 1. The van der Waals surface area contributed by atoms with Gasteiger partial charge in [0, 0.05) is 18.2 Å². The van der Waals surface area contributed by atoms with Gasteiger partial charge in [0.2, 0.25) is 0 Å². The number of nitrogens with zero attached hydrogens (tertiary/aromatic N) is 2. The molecule has 7 nitrogen and oxygen atoms in total. The summed E-state index contributed by atoms with van der Waals surface area (Å²) in [6.45, 7) is 3.02. The Labute approximate surface area is 185 Å². The fourth-order valence-corrected chi connectivity index (χ4v) is 3.91. The van der Waals surface area contributed by atoms with Crippen LogP contribution in [0, 0.1) is 6.92 Å². The topological polar surface area (TPSA) is 84.5 Å². The zero-order valence-electron chi connectivity index (χ0n) is 17.3. The first kappa shape index (κ1) is 21.3. The molecular weight excluding hydrogens is 418 g/mol. The van der Waals surface area contributed by atoms with Crippen LogP contribution >= 0.6 is 11.6 Å². The molecule has 0 spiro atoms. The molecule has 1 fully saturated rings. The highest BCUT2D eigenvalue weighted by atomic mass is 35.5. The highest BCUT2D eigenvalue weighted by molar-refractivity contribution is 6.30. The monoisotopic (exact) mass is 441 g/mol. The molecule has 0 saturated carbocycles. The highest BCUT2D eigenvalue weighted by Crippen LogP contribution is 2.22. The van der Waals surface area contributed by atoms with Crippen LogP contribution < -0.4 is 10.3 Å². The van der Waals surface area contributed by atoms with Crippen molar-refractivity contribution in [1.29, 1.82) is 0 Å². The van der Waals surface area contributed by atoms with Crippen LogP contribution in [0.3, 0.4) is 0 Å². The number of benzene rings is 2. The van der Waals surface area contributed by atoms with Gasteiger partial charge < -0.3 is 19.4 Å². The number of aryl methyl sites for hydroxylation is 1. The molecule has 2 heterocycles. The Morgan fingerprint density at radius 3 is 2.94 bits per heavy atom. The maximum absolute atomic E-state index is 13.0. The molecule has 1 saturated heterocycles. The Hall–Kier alpha value is -2.90. The third-order valence-corrected chi connectivity index (χ3v) is 5.53. The number of aromatic nitrogens is 2. The van der Waals surface area contributed by atoms with Crippen molar-refractivity contribution in [2.45, 2.75) is 32.4 Å². The van der Waals surface area contributed by atoms with E-state index in [-0.39, 0.29) is 30.7 Å². The summed E-state index contributed by atoms with van der Waals surface area (Å²) in [7, 11) is 0. The molecule has 8 heteroatoms. The van der Waals surface area contributed by atoms with Gasteiger partial charge in [0.25, 0.3) is 11.5 Å². The molecule has 0 bridgehead atoms. The average Bonchev–Trinajstić information content (AvgIpc) is 3.26. The molecule has 1 amide bonds. The smallest absolute Gasteiger partial charge is 0.261 e. The zero-order chi connectivity index (χ0) is 21.8. The third-order valence-electron chi connectivity index (χ3n) is 5.29. The number of hydrogen-bond donors (Lipinski definition) is 1. The van der Waals surface area contributed by atoms with Gasteiger partial charge in [0.15, 0.2) is 6.61 Å². The molecule has 0 radical (unpaired) electrons. The molecule has 1 aromatic heterocycles. The van der Waals surface area contributed by atoms with E-state index in [2.05, 4.69) is 9.97 Å². The van der Waals surface area contributed by atoms with Crippen LogP contribution in [0.25, 0.3) is 10.9 Å². The van der Waals surface area contributed by atoms with Gasteiger partial charge in [-0.1, -0.05) is 23.7 Å². The second-order valence-corrected chi connectivity index (χ2v) is 8.07. The summed E-state index contributed by atoms with van der Waals surface area (Å²) < 4.78 is 11.5. The van der Waals surface area contributed by atoms with Crippen LogP contribution in [-0.2, 0) is 16.1 Å². The van der Waals surface area contributed by atoms with Crippen LogP contribution in [0.5, 0.6) is 5.75 Å². The molecule has 1 N–H and O–H groups in total.